The Morgan fingerprint density at radius 1 is 0.582 bits per heavy atom. The molecule has 15 heteroatoms. The molecule has 1 aromatic heterocycles. The summed E-state index contributed by atoms with van der Waals surface area (Å²) in [4.78, 5) is 78.3. The van der Waals surface area contributed by atoms with E-state index in [-0.39, 0.29) is 46.8 Å². The van der Waals surface area contributed by atoms with Gasteiger partial charge in [0.05, 0.1) is 38.0 Å². The largest absolute Gasteiger partial charge is 0.497 e. The van der Waals surface area contributed by atoms with Crippen LogP contribution in [0.4, 0.5) is 0 Å². The summed E-state index contributed by atoms with van der Waals surface area (Å²) in [5.74, 6) is -2.92. The van der Waals surface area contributed by atoms with Gasteiger partial charge in [-0.05, 0) is 72.6 Å². The summed E-state index contributed by atoms with van der Waals surface area (Å²) >= 11 is 0. The van der Waals surface area contributed by atoms with Crippen LogP contribution in [0.25, 0.3) is 0 Å². The number of ether oxygens (including phenoxy) is 8. The van der Waals surface area contributed by atoms with Crippen LogP contribution in [0.15, 0.2) is 82.0 Å². The van der Waals surface area contributed by atoms with E-state index >= 15 is 0 Å². The number of aryl methyl sites for hydroxylation is 2. The van der Waals surface area contributed by atoms with Crippen molar-refractivity contribution in [3.05, 3.63) is 117 Å². The van der Waals surface area contributed by atoms with E-state index in [2.05, 4.69) is 0 Å². The van der Waals surface area contributed by atoms with Crippen LogP contribution in [0.3, 0.4) is 0 Å². The highest BCUT2D eigenvalue weighted by atomic mass is 16.6. The lowest BCUT2D eigenvalue weighted by Gasteiger charge is -2.40. The Morgan fingerprint density at radius 2 is 1.15 bits per heavy atom. The molecule has 0 aliphatic heterocycles. The van der Waals surface area contributed by atoms with E-state index in [1.54, 1.807) is 18.2 Å². The molecular weight excluding hydrogens is 720 g/mol. The summed E-state index contributed by atoms with van der Waals surface area (Å²) in [5.41, 5.74) is -0.265. The molecule has 3 aromatic carbocycles. The van der Waals surface area contributed by atoms with Gasteiger partial charge in [-0.3, -0.25) is 19.2 Å². The number of esters is 5. The molecule has 4 atom stereocenters. The molecule has 0 amide bonds. The quantitative estimate of drug-likeness (QED) is 0.1000. The third-order valence-electron chi connectivity index (χ3n) is 8.39. The predicted octanol–water partition coefficient (Wildman–Crippen LogP) is 5.05. The summed E-state index contributed by atoms with van der Waals surface area (Å²) in [6.07, 6.45) is -6.40. The fraction of sp³-hybridized carbons (Fsp3) is 0.300. The Labute approximate surface area is 314 Å². The summed E-state index contributed by atoms with van der Waals surface area (Å²) < 4.78 is 50.2. The Balaban J connectivity index is 1.61. The van der Waals surface area contributed by atoms with Gasteiger partial charge >= 0.3 is 29.8 Å². The third kappa shape index (κ3) is 9.48. The Morgan fingerprint density at radius 3 is 1.67 bits per heavy atom. The number of rotatable bonds is 13. The van der Waals surface area contributed by atoms with E-state index in [9.17, 15) is 28.8 Å². The minimum Gasteiger partial charge on any atom is -0.497 e. The van der Waals surface area contributed by atoms with Crippen molar-refractivity contribution in [2.75, 3.05) is 21.3 Å². The summed E-state index contributed by atoms with van der Waals surface area (Å²) in [5, 5.41) is 0. The highest BCUT2D eigenvalue weighted by Crippen LogP contribution is 2.43. The molecule has 5 rings (SSSR count). The van der Waals surface area contributed by atoms with Gasteiger partial charge in [0, 0.05) is 33.3 Å². The molecular formula is C40H38O15. The molecule has 4 aromatic rings. The molecule has 0 radical (unpaired) electrons. The maximum atomic E-state index is 14.2. The molecule has 0 unspecified atom stereocenters. The second-order valence-corrected chi connectivity index (χ2v) is 12.2. The van der Waals surface area contributed by atoms with Gasteiger partial charge in [-0.1, -0.05) is 6.07 Å². The Hall–Kier alpha value is -6.64. The molecule has 15 nitrogen and oxygen atoms in total. The van der Waals surface area contributed by atoms with Gasteiger partial charge in [0.25, 0.3) is 0 Å². The molecule has 0 bridgehead atoms. The lowest BCUT2D eigenvalue weighted by Crippen LogP contribution is -2.50. The fourth-order valence-electron chi connectivity index (χ4n) is 5.93. The van der Waals surface area contributed by atoms with Crippen molar-refractivity contribution >= 4 is 29.8 Å². The van der Waals surface area contributed by atoms with Gasteiger partial charge in [-0.15, -0.1) is 0 Å². The second kappa shape index (κ2) is 17.5. The van der Waals surface area contributed by atoms with E-state index < -0.39 is 59.7 Å². The molecule has 0 spiro atoms. The normalized spacial score (nSPS) is 17.1. The first-order valence-corrected chi connectivity index (χ1v) is 16.9. The molecule has 55 heavy (non-hydrogen) atoms. The molecule has 1 aliphatic rings. The van der Waals surface area contributed by atoms with Crippen LogP contribution >= 0.6 is 0 Å². The molecule has 1 heterocycles. The van der Waals surface area contributed by atoms with Crippen LogP contribution in [-0.2, 0) is 46.2 Å². The predicted molar refractivity (Wildman–Crippen MR) is 190 cm³/mol. The van der Waals surface area contributed by atoms with Gasteiger partial charge in [0.1, 0.15) is 17.3 Å². The number of hydrogen-bond acceptors (Lipinski definition) is 15. The number of methoxy groups -OCH3 is 3. The maximum absolute atomic E-state index is 14.2. The Bertz CT molecular complexity index is 2120. The van der Waals surface area contributed by atoms with Crippen molar-refractivity contribution in [3.8, 4) is 23.0 Å². The molecule has 0 saturated carbocycles. The van der Waals surface area contributed by atoms with Crippen LogP contribution in [0.2, 0.25) is 0 Å². The van der Waals surface area contributed by atoms with Gasteiger partial charge in [0.15, 0.2) is 41.0 Å². The smallest absolute Gasteiger partial charge is 0.338 e. The van der Waals surface area contributed by atoms with Crippen molar-refractivity contribution in [1.82, 2.24) is 0 Å². The first-order valence-electron chi connectivity index (χ1n) is 16.9. The van der Waals surface area contributed by atoms with Gasteiger partial charge in [-0.25, -0.2) is 9.59 Å². The fourth-order valence-corrected chi connectivity index (χ4v) is 5.93. The average Bonchev–Trinajstić information content (AvgIpc) is 3.16. The van der Waals surface area contributed by atoms with E-state index in [1.807, 2.05) is 0 Å². The molecule has 0 fully saturated rings. The number of benzene rings is 3. The number of carbonyl (C=O) groups excluding carboxylic acids is 5. The van der Waals surface area contributed by atoms with Crippen LogP contribution in [0.1, 0.15) is 76.3 Å². The Kier molecular flexibility index (Phi) is 12.6. The van der Waals surface area contributed by atoms with Gasteiger partial charge in [-0.2, -0.15) is 0 Å². The zero-order chi connectivity index (χ0) is 39.8. The second-order valence-electron chi connectivity index (χ2n) is 12.2. The van der Waals surface area contributed by atoms with Crippen LogP contribution < -0.4 is 24.4 Å². The summed E-state index contributed by atoms with van der Waals surface area (Å²) in [6, 6.07) is 17.9. The number of hydrogen-bond donors (Lipinski definition) is 0. The average molecular weight is 759 g/mol. The topological polar surface area (TPSA) is 189 Å². The van der Waals surface area contributed by atoms with E-state index in [0.717, 1.165) is 13.8 Å². The highest BCUT2D eigenvalue weighted by Gasteiger charge is 2.54. The monoisotopic (exact) mass is 758 g/mol. The lowest BCUT2D eigenvalue weighted by molar-refractivity contribution is -0.191. The first kappa shape index (κ1) is 39.6. The molecule has 1 aliphatic carbocycles. The number of carbonyl (C=O) groups is 5. The van der Waals surface area contributed by atoms with Crippen LogP contribution in [-0.4, -0.2) is 63.4 Å². The minimum atomic E-state index is -1.74. The first-order chi connectivity index (χ1) is 26.3. The van der Waals surface area contributed by atoms with Crippen molar-refractivity contribution in [1.29, 1.82) is 0 Å². The van der Waals surface area contributed by atoms with Crippen LogP contribution in [0, 0.1) is 0 Å². The SMILES string of the molecule is COc1ccc(C(=O)O[C@@H]2[C@H](OC(C)=O)[C@@H](OC(C)=O)c3oc(CCc4ccc(OC)c(OC(C)=O)c4)cc(=O)c3[C@@H]2OC(=O)c2ccc(OC)cc2)cc1. The van der Waals surface area contributed by atoms with Crippen molar-refractivity contribution in [2.45, 2.75) is 58.0 Å². The minimum absolute atomic E-state index is 0.0372. The zero-order valence-electron chi connectivity index (χ0n) is 30.8. The van der Waals surface area contributed by atoms with E-state index in [4.69, 9.17) is 42.3 Å². The standard InChI is InChI=1S/C40H38O15/c1-21(41)50-32-19-24(8-18-31(32)49-6)7-13-29-20-30(44)33-34(53-29)36(51-22(2)42)38(52-23(3)43)37(55-40(46)26-11-16-28(48-5)17-12-26)35(33)54-39(45)25-9-14-27(47-4)15-10-25/h8-12,14-20,35-38H,7,13H2,1-6H3/t35-,36-,37-,38+/m0/s1. The lowest BCUT2D eigenvalue weighted by atomic mass is 9.86. The molecule has 288 valence electrons. The molecule has 0 saturated heterocycles. The number of fused-ring (bicyclic) bond motifs is 1. The van der Waals surface area contributed by atoms with E-state index in [0.29, 0.717) is 22.8 Å². The van der Waals surface area contributed by atoms with E-state index in [1.165, 1.54) is 82.9 Å². The molecule has 0 N–H and O–H groups in total. The van der Waals surface area contributed by atoms with Crippen LogP contribution in [0.5, 0.6) is 23.0 Å². The zero-order valence-corrected chi connectivity index (χ0v) is 30.8. The highest BCUT2D eigenvalue weighted by molar-refractivity contribution is 5.91. The van der Waals surface area contributed by atoms with Gasteiger partial charge in [0.2, 0.25) is 6.10 Å². The maximum Gasteiger partial charge on any atom is 0.338 e. The third-order valence-corrected chi connectivity index (χ3v) is 8.39. The van der Waals surface area contributed by atoms with Crippen molar-refractivity contribution in [2.24, 2.45) is 0 Å². The van der Waals surface area contributed by atoms with Crippen molar-refractivity contribution < 1.29 is 66.3 Å². The summed E-state index contributed by atoms with van der Waals surface area (Å²) in [7, 11) is 4.33. The summed E-state index contributed by atoms with van der Waals surface area (Å²) in [6.45, 7) is 3.42. The van der Waals surface area contributed by atoms with Crippen molar-refractivity contribution in [3.63, 3.8) is 0 Å². The van der Waals surface area contributed by atoms with Gasteiger partial charge < -0.3 is 42.3 Å².